The summed E-state index contributed by atoms with van der Waals surface area (Å²) in [6.07, 6.45) is -12.4. The molecule has 0 unspecified atom stereocenters. The highest BCUT2D eigenvalue weighted by Crippen LogP contribution is 2.56. The van der Waals surface area contributed by atoms with Gasteiger partial charge in [-0.25, -0.2) is 4.39 Å². The van der Waals surface area contributed by atoms with E-state index in [2.05, 4.69) is 6.07 Å². The molecule has 137 valence electrons. The zero-order valence-electron chi connectivity index (χ0n) is 12.2. The second-order valence-electron chi connectivity index (χ2n) is 5.06. The summed E-state index contributed by atoms with van der Waals surface area (Å²) in [7, 11) is 0. The minimum atomic E-state index is -6.22. The predicted molar refractivity (Wildman–Crippen MR) is 95.8 cm³/mol. The van der Waals surface area contributed by atoms with Gasteiger partial charge in [-0.3, -0.25) is 0 Å². The number of benzene rings is 2. The van der Waals surface area contributed by atoms with Gasteiger partial charge in [0.25, 0.3) is 0 Å². The topological polar surface area (TPSA) is 23.8 Å². The molecule has 0 N–H and O–H groups in total. The minimum Gasteiger partial charge on any atom is -0.218 e. The van der Waals surface area contributed by atoms with E-state index in [0.29, 0.717) is 6.07 Å². The molecule has 0 aliphatic carbocycles. The quantitative estimate of drug-likeness (QED) is 0.286. The highest BCUT2D eigenvalue weighted by Gasteiger charge is 2.74. The summed E-state index contributed by atoms with van der Waals surface area (Å²) in [4.78, 5) is 0. The molecule has 0 aliphatic rings. The number of hydrogen-bond acceptors (Lipinski definition) is 1. The van der Waals surface area contributed by atoms with E-state index in [1.165, 1.54) is 57.3 Å². The predicted octanol–water partition coefficient (Wildman–Crippen LogP) is 6.52. The summed E-state index contributed by atoms with van der Waals surface area (Å²) in [5.74, 6) is 0. The number of alkyl halides is 7. The molecule has 1 nitrogen and oxygen atoms in total. The van der Waals surface area contributed by atoms with Gasteiger partial charge in [0, 0.05) is 24.3 Å². The third kappa shape index (κ3) is 3.64. The lowest BCUT2D eigenvalue weighted by molar-refractivity contribution is -0.348. The second kappa shape index (κ2) is 7.14. The van der Waals surface area contributed by atoms with E-state index in [0.717, 1.165) is 12.1 Å². The van der Waals surface area contributed by atoms with Crippen molar-refractivity contribution >= 4 is 45.2 Å². The molecule has 0 amide bonds. The highest BCUT2D eigenvalue weighted by atomic mass is 127. The number of nitriles is 1. The van der Waals surface area contributed by atoms with Gasteiger partial charge in [0.05, 0.1) is 11.6 Å². The molecular formula is C16H5F7I2N. The summed E-state index contributed by atoms with van der Waals surface area (Å²) in [5, 5.41) is 8.77. The number of hydrogen-bond donors (Lipinski definition) is 0. The van der Waals surface area contributed by atoms with Gasteiger partial charge in [-0.05, 0) is 68.9 Å². The van der Waals surface area contributed by atoms with Gasteiger partial charge >= 0.3 is 18.0 Å². The molecule has 10 heteroatoms. The zero-order chi connectivity index (χ0) is 19.9. The van der Waals surface area contributed by atoms with Crippen molar-refractivity contribution in [2.75, 3.05) is 0 Å². The van der Waals surface area contributed by atoms with Crippen LogP contribution in [-0.2, 0) is 5.67 Å². The molecule has 2 aromatic carbocycles. The molecule has 0 atom stereocenters. The summed E-state index contributed by atoms with van der Waals surface area (Å²) in [6, 6.07) is 9.60. The second-order valence-corrected chi connectivity index (χ2v) is 7.30. The molecular weight excluding hydrogens is 593 g/mol. The number of nitrogens with zero attached hydrogens (tertiary/aromatic N) is 1. The van der Waals surface area contributed by atoms with E-state index >= 15 is 0 Å². The third-order valence-corrected chi connectivity index (χ3v) is 4.83. The van der Waals surface area contributed by atoms with Crippen molar-refractivity contribution in [2.45, 2.75) is 18.0 Å². The average Bonchev–Trinajstić information content (AvgIpc) is 2.51. The molecule has 0 aliphatic heterocycles. The number of rotatable bonds is 2. The molecule has 2 rings (SSSR count). The van der Waals surface area contributed by atoms with Gasteiger partial charge in [0.1, 0.15) is 0 Å². The van der Waals surface area contributed by atoms with E-state index in [9.17, 15) is 30.7 Å². The Bertz CT molecular complexity index is 850. The molecule has 0 saturated heterocycles. The van der Waals surface area contributed by atoms with Gasteiger partial charge in [0.15, 0.2) is 0 Å². The Morgan fingerprint density at radius 1 is 0.885 bits per heavy atom. The molecule has 0 fully saturated rings. The molecule has 26 heavy (non-hydrogen) atoms. The average molecular weight is 598 g/mol. The molecule has 0 heterocycles. The minimum absolute atomic E-state index is 0.0911. The van der Waals surface area contributed by atoms with Crippen molar-refractivity contribution in [3.63, 3.8) is 0 Å². The van der Waals surface area contributed by atoms with Crippen LogP contribution in [0.2, 0.25) is 0 Å². The lowest BCUT2D eigenvalue weighted by Crippen LogP contribution is -2.50. The maximum atomic E-state index is 14.7. The maximum absolute atomic E-state index is 14.7. The molecule has 0 spiro atoms. The zero-order valence-corrected chi connectivity index (χ0v) is 16.6. The lowest BCUT2D eigenvalue weighted by atomic mass is 9.87. The summed E-state index contributed by atoms with van der Waals surface area (Å²) >= 11 is 2.97. The Balaban J connectivity index is 2.90. The first-order valence-corrected chi connectivity index (χ1v) is 8.73. The van der Waals surface area contributed by atoms with E-state index in [1.807, 2.05) is 0 Å². The third-order valence-electron chi connectivity index (χ3n) is 3.44. The molecule has 0 aromatic heterocycles. The Labute approximate surface area is 170 Å². The van der Waals surface area contributed by atoms with Crippen LogP contribution < -0.4 is 0 Å². The van der Waals surface area contributed by atoms with Crippen LogP contribution in [0.4, 0.5) is 30.7 Å². The van der Waals surface area contributed by atoms with Crippen molar-refractivity contribution < 1.29 is 30.7 Å². The van der Waals surface area contributed by atoms with Crippen LogP contribution in [-0.4, -0.2) is 12.4 Å². The van der Waals surface area contributed by atoms with Crippen LogP contribution in [0, 0.1) is 24.5 Å². The van der Waals surface area contributed by atoms with Gasteiger partial charge in [0.2, 0.25) is 0 Å². The van der Waals surface area contributed by atoms with Crippen LogP contribution >= 0.6 is 45.2 Å². The van der Waals surface area contributed by atoms with Crippen molar-refractivity contribution in [3.8, 4) is 17.2 Å². The molecule has 0 saturated carbocycles. The van der Waals surface area contributed by atoms with Crippen molar-refractivity contribution in [2.24, 2.45) is 0 Å². The molecule has 2 aromatic rings. The Morgan fingerprint density at radius 3 is 1.81 bits per heavy atom. The van der Waals surface area contributed by atoms with Gasteiger partial charge in [-0.1, -0.05) is 12.1 Å². The van der Waals surface area contributed by atoms with Gasteiger partial charge < -0.3 is 0 Å². The first kappa shape index (κ1) is 21.2. The Morgan fingerprint density at radius 2 is 1.38 bits per heavy atom. The fourth-order valence-electron chi connectivity index (χ4n) is 2.25. The fourth-order valence-corrected chi connectivity index (χ4v) is 4.24. The van der Waals surface area contributed by atoms with E-state index in [4.69, 9.17) is 5.26 Å². The van der Waals surface area contributed by atoms with Crippen LogP contribution in [0.1, 0.15) is 11.1 Å². The Kier molecular flexibility index (Phi) is 5.82. The lowest BCUT2D eigenvalue weighted by Gasteiger charge is -2.32. The largest absolute Gasteiger partial charge is 0.435 e. The van der Waals surface area contributed by atoms with E-state index in [-0.39, 0.29) is 18.3 Å². The summed E-state index contributed by atoms with van der Waals surface area (Å²) < 4.78 is 93.7. The van der Waals surface area contributed by atoms with E-state index < -0.39 is 29.1 Å². The van der Waals surface area contributed by atoms with E-state index in [1.54, 1.807) is 6.07 Å². The SMILES string of the molecule is N#Cc1ccc(-c2c(I)[c]c(I)cc2C(F)(C(F)(F)F)C(F)(F)F)cc1. The van der Waals surface area contributed by atoms with Crippen LogP contribution in [0.15, 0.2) is 30.3 Å². The first-order chi connectivity index (χ1) is 11.8. The summed E-state index contributed by atoms with van der Waals surface area (Å²) in [6.45, 7) is 0. The van der Waals surface area contributed by atoms with Crippen molar-refractivity contribution in [1.82, 2.24) is 0 Å². The van der Waals surface area contributed by atoms with Gasteiger partial charge in [-0.2, -0.15) is 31.6 Å². The standard InChI is InChI=1S/C16H5F7I2N/c17-14(15(18,19)20,16(21,22)23)11-5-10(24)6-12(25)13(11)9-3-1-8(7-26)2-4-9/h1-5H. The highest BCUT2D eigenvalue weighted by molar-refractivity contribution is 14.1. The Hall–Kier alpha value is -1.10. The smallest absolute Gasteiger partial charge is 0.218 e. The molecule has 1 radical (unpaired) electrons. The fraction of sp³-hybridized carbons (Fsp3) is 0.188. The van der Waals surface area contributed by atoms with Gasteiger partial charge in [-0.15, -0.1) is 0 Å². The number of halogens is 9. The summed E-state index contributed by atoms with van der Waals surface area (Å²) in [5.41, 5.74) is -7.63. The normalized spacial score (nSPS) is 12.8. The van der Waals surface area contributed by atoms with Crippen molar-refractivity contribution in [1.29, 1.82) is 5.26 Å². The first-order valence-electron chi connectivity index (χ1n) is 6.57. The molecule has 0 bridgehead atoms. The monoisotopic (exact) mass is 598 g/mol. The van der Waals surface area contributed by atoms with Crippen LogP contribution in [0.25, 0.3) is 11.1 Å². The maximum Gasteiger partial charge on any atom is 0.435 e. The van der Waals surface area contributed by atoms with Crippen LogP contribution in [0.5, 0.6) is 0 Å². The van der Waals surface area contributed by atoms with Crippen molar-refractivity contribution in [3.05, 3.63) is 54.7 Å². The van der Waals surface area contributed by atoms with Crippen LogP contribution in [0.3, 0.4) is 0 Å².